The van der Waals surface area contributed by atoms with Crippen molar-refractivity contribution in [3.05, 3.63) is 84.1 Å². The van der Waals surface area contributed by atoms with Gasteiger partial charge >= 0.3 is 11.9 Å². The number of carbonyl (C=O) groups excluding carboxylic acids is 13. The molecule has 0 unspecified atom stereocenters. The third-order valence-corrected chi connectivity index (χ3v) is 18.2. The summed E-state index contributed by atoms with van der Waals surface area (Å²) >= 11 is 0. The number of unbranched alkanes of at least 4 members (excludes halogenated alkanes) is 1. The number of rotatable bonds is 46. The summed E-state index contributed by atoms with van der Waals surface area (Å²) in [5.74, 6) is -16.5. The van der Waals surface area contributed by atoms with Gasteiger partial charge in [0.2, 0.25) is 76.8 Å². The number of hydrogen-bond acceptors (Lipinski definition) is 21. The van der Waals surface area contributed by atoms with Gasteiger partial charge in [0.05, 0.1) is 44.5 Å². The molecule has 608 valence electrons. The number of aromatic hydroxyl groups is 1. The van der Waals surface area contributed by atoms with Crippen LogP contribution in [0.15, 0.2) is 72.2 Å². The van der Waals surface area contributed by atoms with Crippen molar-refractivity contribution in [3.8, 4) is 5.75 Å². The highest BCUT2D eigenvalue weighted by Crippen LogP contribution is 2.23. The fourth-order valence-corrected chi connectivity index (χ4v) is 11.9. The van der Waals surface area contributed by atoms with Crippen molar-refractivity contribution in [3.63, 3.8) is 0 Å². The van der Waals surface area contributed by atoms with E-state index in [1.807, 2.05) is 0 Å². The molecule has 0 bridgehead atoms. The number of aliphatic hydroxyl groups excluding tert-OH is 1. The Balaban J connectivity index is 1.27. The van der Waals surface area contributed by atoms with Crippen LogP contribution in [0.5, 0.6) is 5.75 Å². The van der Waals surface area contributed by atoms with E-state index in [-0.39, 0.29) is 76.2 Å². The van der Waals surface area contributed by atoms with Crippen molar-refractivity contribution in [1.29, 1.82) is 0 Å². The predicted molar refractivity (Wildman–Crippen MR) is 400 cm³/mol. The van der Waals surface area contributed by atoms with Gasteiger partial charge in [0.15, 0.2) is 5.96 Å². The van der Waals surface area contributed by atoms with Crippen LogP contribution in [-0.4, -0.2) is 247 Å². The Morgan fingerprint density at radius 3 is 1.77 bits per heavy atom. The molecule has 111 heavy (non-hydrogen) atoms. The molecule has 1 aliphatic rings. The van der Waals surface area contributed by atoms with Crippen LogP contribution in [0.1, 0.15) is 116 Å². The quantitative estimate of drug-likeness (QED) is 0.0111. The summed E-state index contributed by atoms with van der Waals surface area (Å²) in [5, 5.41) is 70.8. The Bertz CT molecular complexity index is 3900. The molecule has 2 aromatic heterocycles. The number of nitrogens with two attached hydrogens (primary N) is 4. The summed E-state index contributed by atoms with van der Waals surface area (Å²) in [6, 6.07) is -3.16. The number of carbonyl (C=O) groups is 15. The van der Waals surface area contributed by atoms with E-state index in [1.54, 1.807) is 58.2 Å². The van der Waals surface area contributed by atoms with Gasteiger partial charge in [-0.25, -0.2) is 9.78 Å². The summed E-state index contributed by atoms with van der Waals surface area (Å²) in [4.78, 5) is 220. The maximum absolute atomic E-state index is 14.8. The number of nitrogens with one attached hydrogen (secondary N) is 14. The highest BCUT2D eigenvalue weighted by Gasteiger charge is 2.42. The molecule has 2 aromatic carbocycles. The number of amides is 13. The molecule has 1 fully saturated rings. The minimum atomic E-state index is -1.87. The van der Waals surface area contributed by atoms with Gasteiger partial charge in [-0.1, -0.05) is 64.4 Å². The Hall–Kier alpha value is -11.8. The van der Waals surface area contributed by atoms with Crippen molar-refractivity contribution in [1.82, 2.24) is 83.7 Å². The standard InChI is InChI=1S/C71H105N21O19/c1-7-37(4)58(66(106)80-33-54(96)84-51(70(110)111)26-40-19-21-43(94)22-20-40)90-65(105)52-18-13-25-92(52)69(109)50(29-56(98)99)88-63(103)48(27-41-30-78-45-15-9-8-14-44(41)45)87-68(108)57(36(2)3)89-55(97)34-79-61(101)46(17-12-24-77-71(74)75)83-53(95)32-81-67(107)59(39(6)93)91-64(104)49(28-42-31-76-35-82-42)86-62(102)47(16-10-11-23-72)85-60(100)38(5)73/h8-9,14-15,19-22,30-31,35-39,46-52,57-59,78,93-94H,7,10-13,16-18,23-29,32-34,72-73H2,1-6H3,(H,76,82)(H,79,101)(H,80,106)(H,81,107)(H,83,95)(H,84,96)(H,85,100)(H,86,102)(H,87,108)(H,88,103)(H,89,97)(H,90,105)(H,91,104)(H,98,99)(H,110,111)(H4,74,75,77)/t37-,38-,39+,46-,47-,48-,49-,50-,51-,52-,57-,58-,59-/m0/s1. The van der Waals surface area contributed by atoms with Gasteiger partial charge in [-0.2, -0.15) is 0 Å². The van der Waals surface area contributed by atoms with E-state index in [0.29, 0.717) is 53.5 Å². The summed E-state index contributed by atoms with van der Waals surface area (Å²) in [5.41, 5.74) is 24.3. The van der Waals surface area contributed by atoms with Crippen molar-refractivity contribution in [2.45, 2.75) is 191 Å². The first-order chi connectivity index (χ1) is 52.6. The maximum Gasteiger partial charge on any atom is 0.326 e. The first-order valence-electron chi connectivity index (χ1n) is 36.4. The molecule has 40 heteroatoms. The van der Waals surface area contributed by atoms with Gasteiger partial charge in [-0.3, -0.25) is 72.1 Å². The Morgan fingerprint density at radius 2 is 1.17 bits per heavy atom. The lowest BCUT2D eigenvalue weighted by Gasteiger charge is -2.31. The fraction of sp³-hybridized carbons (Fsp3) is 0.535. The van der Waals surface area contributed by atoms with Gasteiger partial charge in [-0.05, 0) is 106 Å². The fourth-order valence-electron chi connectivity index (χ4n) is 11.9. The molecule has 0 saturated carbocycles. The van der Waals surface area contributed by atoms with Crippen molar-refractivity contribution >= 4 is 106 Å². The minimum Gasteiger partial charge on any atom is -0.508 e. The third kappa shape index (κ3) is 29.3. The van der Waals surface area contributed by atoms with E-state index >= 15 is 0 Å². The average Bonchev–Trinajstić information content (AvgIpc) is 1.73. The lowest BCUT2D eigenvalue weighted by atomic mass is 9.97. The predicted octanol–water partition coefficient (Wildman–Crippen LogP) is -5.50. The molecule has 0 spiro atoms. The van der Waals surface area contributed by atoms with Gasteiger partial charge in [0.1, 0.15) is 66.2 Å². The lowest BCUT2D eigenvalue weighted by Crippen LogP contribution is -2.60. The molecule has 26 N–H and O–H groups in total. The smallest absolute Gasteiger partial charge is 0.326 e. The van der Waals surface area contributed by atoms with Crippen LogP contribution in [0.25, 0.3) is 10.9 Å². The van der Waals surface area contributed by atoms with Crippen LogP contribution in [0.2, 0.25) is 0 Å². The van der Waals surface area contributed by atoms with Crippen LogP contribution >= 0.6 is 0 Å². The molecule has 1 saturated heterocycles. The summed E-state index contributed by atoms with van der Waals surface area (Å²) < 4.78 is 0. The second-order valence-electron chi connectivity index (χ2n) is 27.4. The lowest BCUT2D eigenvalue weighted by molar-refractivity contribution is -0.146. The number of H-pyrrole nitrogens is 2. The number of para-hydroxylation sites is 1. The number of fused-ring (bicyclic) bond motifs is 1. The monoisotopic (exact) mass is 1560 g/mol. The number of benzene rings is 2. The summed E-state index contributed by atoms with van der Waals surface area (Å²) in [7, 11) is 0. The summed E-state index contributed by atoms with van der Waals surface area (Å²) in [6.45, 7) is 6.85. The van der Waals surface area contributed by atoms with Crippen LogP contribution in [0.3, 0.4) is 0 Å². The van der Waals surface area contributed by atoms with Crippen molar-refractivity contribution in [2.24, 2.45) is 39.8 Å². The molecule has 13 atom stereocenters. The molecule has 0 radical (unpaired) electrons. The topological polar surface area (TPSA) is 645 Å². The van der Waals surface area contributed by atoms with Crippen molar-refractivity contribution < 1.29 is 92.3 Å². The number of guanidine groups is 1. The number of aliphatic carboxylic acids is 2. The number of aromatic amines is 2. The zero-order chi connectivity index (χ0) is 82.2. The number of aliphatic hydroxyl groups is 1. The number of phenolic OH excluding ortho intramolecular Hbond substituents is 1. The van der Waals surface area contributed by atoms with Crippen LogP contribution < -0.4 is 86.7 Å². The molecular formula is C71H105N21O19. The molecule has 40 nitrogen and oxygen atoms in total. The summed E-state index contributed by atoms with van der Waals surface area (Å²) in [6.07, 6.45) is 2.51. The van der Waals surface area contributed by atoms with Gasteiger partial charge in [0, 0.05) is 61.3 Å². The molecule has 0 aliphatic carbocycles. The molecule has 1 aliphatic heterocycles. The minimum absolute atomic E-state index is 0.0327. The first-order valence-corrected chi connectivity index (χ1v) is 36.4. The number of aromatic nitrogens is 3. The number of nitrogens with zero attached hydrogens (tertiary/aromatic N) is 3. The van der Waals surface area contributed by atoms with E-state index in [9.17, 15) is 92.3 Å². The SMILES string of the molecule is CC[C@H](C)[C@H](NC(=O)[C@@H]1CCCN1C(=O)[C@H](CC(=O)O)NC(=O)[C@H](Cc1c[nH]c2ccccc12)NC(=O)[C@@H](NC(=O)CNC(=O)[C@H](CCCN=C(N)N)NC(=O)CNC(=O)[C@@H](NC(=O)[C@H](Cc1cnc[nH]1)NC(=O)[C@H](CCCCN)NC(=O)[C@H](C)N)[C@@H](C)O)C(C)C)C(=O)NCC(=O)N[C@@H](Cc1ccc(O)cc1)C(=O)O. The van der Waals surface area contributed by atoms with Gasteiger partial charge in [-0.15, -0.1) is 0 Å². The van der Waals surface area contributed by atoms with E-state index in [4.69, 9.17) is 22.9 Å². The number of hydrogen-bond donors (Lipinski definition) is 22. The Morgan fingerprint density at radius 1 is 0.604 bits per heavy atom. The van der Waals surface area contributed by atoms with E-state index < -0.39 is 199 Å². The number of aliphatic imine (C=N–C) groups is 1. The average molecular weight is 1560 g/mol. The largest absolute Gasteiger partial charge is 0.508 e. The molecule has 13 amide bonds. The van der Waals surface area contributed by atoms with Crippen molar-refractivity contribution in [2.75, 3.05) is 39.3 Å². The number of carboxylic acids is 2. The van der Waals surface area contributed by atoms with E-state index in [1.165, 1.54) is 50.6 Å². The van der Waals surface area contributed by atoms with Crippen LogP contribution in [0.4, 0.5) is 0 Å². The Labute approximate surface area is 639 Å². The highest BCUT2D eigenvalue weighted by atomic mass is 16.4. The second-order valence-corrected chi connectivity index (χ2v) is 27.4. The number of likely N-dealkylation sites (tertiary alicyclic amines) is 1. The zero-order valence-electron chi connectivity index (χ0n) is 62.7. The highest BCUT2D eigenvalue weighted by molar-refractivity contribution is 6.00. The van der Waals surface area contributed by atoms with Crippen LogP contribution in [0, 0.1) is 11.8 Å². The second kappa shape index (κ2) is 44.6. The van der Waals surface area contributed by atoms with Gasteiger partial charge in [0.25, 0.3) is 0 Å². The first kappa shape index (κ1) is 89.8. The molecule has 4 aromatic rings. The van der Waals surface area contributed by atoms with E-state index in [2.05, 4.69) is 83.7 Å². The number of phenols is 1. The Kier molecular flexibility index (Phi) is 36.1. The third-order valence-electron chi connectivity index (χ3n) is 18.2. The number of carboxylic acid groups (broad SMARTS) is 2. The molecular weight excluding hydrogens is 1450 g/mol. The normalized spacial score (nSPS) is 15.8. The maximum atomic E-state index is 14.8. The number of imidazole rings is 1. The van der Waals surface area contributed by atoms with Gasteiger partial charge < -0.3 is 122 Å². The molecule has 3 heterocycles. The van der Waals surface area contributed by atoms with E-state index in [0.717, 1.165) is 4.90 Å². The zero-order valence-corrected chi connectivity index (χ0v) is 62.7. The molecule has 5 rings (SSSR count). The van der Waals surface area contributed by atoms with Crippen LogP contribution in [-0.2, 0) is 91.2 Å².